The lowest BCUT2D eigenvalue weighted by Gasteiger charge is -2.28. The van der Waals surface area contributed by atoms with Gasteiger partial charge < -0.3 is 15.2 Å². The lowest BCUT2D eigenvalue weighted by atomic mass is 10.00. The smallest absolute Gasteiger partial charge is 0.407 e. The molecule has 1 aromatic carbocycles. The second kappa shape index (κ2) is 8.04. The van der Waals surface area contributed by atoms with E-state index in [1.54, 1.807) is 25.5 Å². The van der Waals surface area contributed by atoms with Gasteiger partial charge >= 0.3 is 6.09 Å². The van der Waals surface area contributed by atoms with Gasteiger partial charge in [0.2, 0.25) is 0 Å². The number of carbonyl (C=O) groups excluding carboxylic acids is 1. The van der Waals surface area contributed by atoms with Crippen molar-refractivity contribution in [2.45, 2.75) is 71.2 Å². The zero-order valence-corrected chi connectivity index (χ0v) is 16.8. The Bertz CT molecular complexity index is 747. The van der Waals surface area contributed by atoms with Crippen LogP contribution < -0.4 is 5.32 Å². The van der Waals surface area contributed by atoms with Crippen LogP contribution in [-0.2, 0) is 16.7 Å². The molecule has 0 radical (unpaired) electrons. The van der Waals surface area contributed by atoms with Crippen molar-refractivity contribution < 1.29 is 14.6 Å². The molecule has 148 valence electrons. The molecule has 0 aliphatic rings. The number of alkyl carbamates (subject to hydrolysis) is 1. The quantitative estimate of drug-likeness (QED) is 0.833. The summed E-state index contributed by atoms with van der Waals surface area (Å²) < 4.78 is 6.91. The number of nitrogens with one attached hydrogen (secondary N) is 1. The molecule has 0 fully saturated rings. The van der Waals surface area contributed by atoms with E-state index in [1.807, 2.05) is 51.1 Å². The highest BCUT2D eigenvalue weighted by atomic mass is 16.6. The number of rotatable bonds is 5. The van der Waals surface area contributed by atoms with E-state index in [2.05, 4.69) is 20.8 Å². The maximum Gasteiger partial charge on any atom is 0.407 e. The number of carbonyl (C=O) groups is 1. The number of aromatic nitrogens is 4. The predicted octanol–water partition coefficient (Wildman–Crippen LogP) is 2.60. The topological polar surface area (TPSA) is 102 Å². The van der Waals surface area contributed by atoms with Crippen LogP contribution in [-0.4, -0.2) is 43.0 Å². The summed E-state index contributed by atoms with van der Waals surface area (Å²) in [4.78, 5) is 12.3. The van der Waals surface area contributed by atoms with Gasteiger partial charge in [-0.2, -0.15) is 0 Å². The molecule has 2 aromatic rings. The van der Waals surface area contributed by atoms with Crippen LogP contribution in [0.2, 0.25) is 0 Å². The van der Waals surface area contributed by atoms with Crippen molar-refractivity contribution in [3.63, 3.8) is 0 Å². The molecule has 2 rings (SSSR count). The minimum absolute atomic E-state index is 0.291. The fraction of sp³-hybridized carbons (Fsp3) is 0.579. The minimum atomic E-state index is -1.10. The Hall–Kier alpha value is -2.48. The number of hydrogen-bond donors (Lipinski definition) is 2. The summed E-state index contributed by atoms with van der Waals surface area (Å²) in [6.07, 6.45) is -1.30. The monoisotopic (exact) mass is 375 g/mol. The first-order valence-corrected chi connectivity index (χ1v) is 8.97. The number of tetrazole rings is 1. The number of aliphatic hydroxyl groups excluding tert-OH is 1. The van der Waals surface area contributed by atoms with Gasteiger partial charge in [0, 0.05) is 0 Å². The molecule has 2 N–H and O–H groups in total. The Morgan fingerprint density at radius 3 is 2.37 bits per heavy atom. The van der Waals surface area contributed by atoms with Crippen molar-refractivity contribution in [3.8, 4) is 0 Å². The number of benzene rings is 1. The van der Waals surface area contributed by atoms with Crippen LogP contribution in [0, 0.1) is 0 Å². The molecule has 1 amide bonds. The maximum atomic E-state index is 12.3. The van der Waals surface area contributed by atoms with Gasteiger partial charge in [0.1, 0.15) is 11.7 Å². The van der Waals surface area contributed by atoms with E-state index in [-0.39, 0.29) is 0 Å². The number of aliphatic hydroxyl groups is 1. The zero-order valence-electron chi connectivity index (χ0n) is 16.8. The molecule has 1 aromatic heterocycles. The third-order valence-electron chi connectivity index (χ3n) is 3.78. The van der Waals surface area contributed by atoms with Crippen LogP contribution in [0.1, 0.15) is 59.0 Å². The van der Waals surface area contributed by atoms with Crippen molar-refractivity contribution in [1.29, 1.82) is 0 Å². The summed E-state index contributed by atoms with van der Waals surface area (Å²) >= 11 is 0. The Labute approximate surface area is 159 Å². The van der Waals surface area contributed by atoms with E-state index >= 15 is 0 Å². The Kier molecular flexibility index (Phi) is 6.20. The van der Waals surface area contributed by atoms with Crippen LogP contribution in [0.4, 0.5) is 4.79 Å². The molecule has 8 nitrogen and oxygen atoms in total. The van der Waals surface area contributed by atoms with Crippen molar-refractivity contribution >= 4 is 6.09 Å². The molecule has 0 bridgehead atoms. The molecule has 0 aliphatic carbocycles. The van der Waals surface area contributed by atoms with Gasteiger partial charge in [0.15, 0.2) is 5.82 Å². The Balaban J connectivity index is 2.28. The minimum Gasteiger partial charge on any atom is -0.444 e. The molecule has 0 unspecified atom stereocenters. The normalized spacial score (nSPS) is 14.5. The molecule has 2 atom stereocenters. The van der Waals surface area contributed by atoms with Gasteiger partial charge in [0.25, 0.3) is 0 Å². The molecular weight excluding hydrogens is 346 g/mol. The predicted molar refractivity (Wildman–Crippen MR) is 101 cm³/mol. The Morgan fingerprint density at radius 2 is 1.81 bits per heavy atom. The number of ether oxygens (including phenoxy) is 1. The zero-order chi connectivity index (χ0) is 20.2. The van der Waals surface area contributed by atoms with Crippen LogP contribution in [0.25, 0.3) is 0 Å². The molecular formula is C19H29N5O3. The summed E-state index contributed by atoms with van der Waals surface area (Å²) in [5.74, 6) is 0.291. The van der Waals surface area contributed by atoms with Crippen LogP contribution >= 0.6 is 0 Å². The van der Waals surface area contributed by atoms with E-state index in [0.717, 1.165) is 5.56 Å². The molecule has 27 heavy (non-hydrogen) atoms. The molecule has 0 saturated heterocycles. The standard InChI is InChI=1S/C19H29N5O3/c1-18(2,3)24-16(21-22-23-24)15(25)14(12-13-10-8-7-9-11-13)20-17(26)27-19(4,5)6/h7-11,14-15,25H,12H2,1-6H3,(H,20,26)/t14-,15-/m0/s1. The lowest BCUT2D eigenvalue weighted by molar-refractivity contribution is 0.0402. The largest absolute Gasteiger partial charge is 0.444 e. The highest BCUT2D eigenvalue weighted by molar-refractivity contribution is 5.68. The lowest BCUT2D eigenvalue weighted by Crippen LogP contribution is -2.44. The highest BCUT2D eigenvalue weighted by Gasteiger charge is 2.32. The van der Waals surface area contributed by atoms with Gasteiger partial charge in [-0.15, -0.1) is 5.10 Å². The average molecular weight is 375 g/mol. The number of amides is 1. The first-order chi connectivity index (χ1) is 12.5. The van der Waals surface area contributed by atoms with Crippen molar-refractivity contribution in [2.24, 2.45) is 0 Å². The molecule has 8 heteroatoms. The molecule has 0 aliphatic heterocycles. The summed E-state index contributed by atoms with van der Waals surface area (Å²) in [6, 6.07) is 8.94. The van der Waals surface area contributed by atoms with Gasteiger partial charge in [-0.1, -0.05) is 30.3 Å². The first kappa shape index (κ1) is 20.8. The third kappa shape index (κ3) is 6.02. The third-order valence-corrected chi connectivity index (χ3v) is 3.78. The fourth-order valence-electron chi connectivity index (χ4n) is 2.60. The van der Waals surface area contributed by atoms with Crippen LogP contribution in [0.5, 0.6) is 0 Å². The summed E-state index contributed by atoms with van der Waals surface area (Å²) in [5, 5.41) is 25.4. The first-order valence-electron chi connectivity index (χ1n) is 8.97. The van der Waals surface area contributed by atoms with Crippen LogP contribution in [0.15, 0.2) is 30.3 Å². The van der Waals surface area contributed by atoms with E-state index in [1.165, 1.54) is 0 Å². The Morgan fingerprint density at radius 1 is 1.19 bits per heavy atom. The maximum absolute atomic E-state index is 12.3. The number of nitrogens with zero attached hydrogens (tertiary/aromatic N) is 4. The number of hydrogen-bond acceptors (Lipinski definition) is 6. The van der Waals surface area contributed by atoms with Crippen LogP contribution in [0.3, 0.4) is 0 Å². The summed E-state index contributed by atoms with van der Waals surface area (Å²) in [6.45, 7) is 11.2. The second-order valence-corrected chi connectivity index (χ2v) is 8.51. The van der Waals surface area contributed by atoms with Crippen molar-refractivity contribution in [2.75, 3.05) is 0 Å². The molecule has 1 heterocycles. The van der Waals surface area contributed by atoms with E-state index in [4.69, 9.17) is 4.74 Å². The van der Waals surface area contributed by atoms with Crippen molar-refractivity contribution in [1.82, 2.24) is 25.5 Å². The molecule has 0 spiro atoms. The van der Waals surface area contributed by atoms with E-state index in [0.29, 0.717) is 12.2 Å². The van der Waals surface area contributed by atoms with Gasteiger partial charge in [0.05, 0.1) is 11.6 Å². The van der Waals surface area contributed by atoms with E-state index < -0.39 is 29.4 Å². The second-order valence-electron chi connectivity index (χ2n) is 8.51. The highest BCUT2D eigenvalue weighted by Crippen LogP contribution is 2.23. The SMILES string of the molecule is CC(C)(C)OC(=O)N[C@@H](Cc1ccccc1)[C@H](O)c1nnnn1C(C)(C)C. The average Bonchev–Trinajstić information content (AvgIpc) is 3.02. The summed E-state index contributed by atoms with van der Waals surface area (Å²) in [5.41, 5.74) is -0.0880. The molecule has 0 saturated carbocycles. The summed E-state index contributed by atoms with van der Waals surface area (Å²) in [7, 11) is 0. The van der Waals surface area contributed by atoms with Gasteiger partial charge in [-0.05, 0) is 64.0 Å². The van der Waals surface area contributed by atoms with Crippen molar-refractivity contribution in [3.05, 3.63) is 41.7 Å². The van der Waals surface area contributed by atoms with E-state index in [9.17, 15) is 9.90 Å². The fourth-order valence-corrected chi connectivity index (χ4v) is 2.60. The van der Waals surface area contributed by atoms with Gasteiger partial charge in [-0.3, -0.25) is 0 Å². The van der Waals surface area contributed by atoms with Gasteiger partial charge in [-0.25, -0.2) is 9.48 Å².